The molecule has 0 spiro atoms. The Morgan fingerprint density at radius 2 is 2.08 bits per heavy atom. The minimum Gasteiger partial charge on any atom is -0.459 e. The zero-order valence-electron chi connectivity index (χ0n) is 7.00. The molecule has 68 valence electrons. The van der Waals surface area contributed by atoms with Crippen LogP contribution in [0.15, 0.2) is 28.7 Å². The smallest absolute Gasteiger partial charge is 0.339 e. The quantitative estimate of drug-likeness (QED) is 0.744. The van der Waals surface area contributed by atoms with Gasteiger partial charge < -0.3 is 4.74 Å². The average Bonchev–Trinajstić information content (AvgIpc) is 2.89. The highest BCUT2D eigenvalue weighted by Gasteiger charge is 2.26. The van der Waals surface area contributed by atoms with Gasteiger partial charge in [0.1, 0.15) is 6.10 Å². The van der Waals surface area contributed by atoms with Crippen molar-refractivity contribution in [3.8, 4) is 0 Å². The molecule has 0 amide bonds. The molecule has 2 rings (SSSR count). The summed E-state index contributed by atoms with van der Waals surface area (Å²) in [6.07, 6.45) is 2.19. The number of rotatable bonds is 2. The van der Waals surface area contributed by atoms with Crippen molar-refractivity contribution in [2.24, 2.45) is 0 Å². The number of carbonyl (C=O) groups is 1. The molecule has 2 nitrogen and oxygen atoms in total. The molecule has 1 aliphatic carbocycles. The van der Waals surface area contributed by atoms with Crippen molar-refractivity contribution in [2.75, 3.05) is 0 Å². The Bertz CT molecular complexity index is 331. The molecule has 1 saturated carbocycles. The van der Waals surface area contributed by atoms with E-state index in [0.717, 1.165) is 17.3 Å². The van der Waals surface area contributed by atoms with Crippen LogP contribution in [-0.2, 0) is 4.74 Å². The van der Waals surface area contributed by atoms with Gasteiger partial charge in [0.15, 0.2) is 0 Å². The van der Waals surface area contributed by atoms with E-state index in [1.54, 1.807) is 6.07 Å². The monoisotopic (exact) mass is 240 g/mol. The van der Waals surface area contributed by atoms with Crippen LogP contribution in [0.3, 0.4) is 0 Å². The third kappa shape index (κ3) is 2.10. The highest BCUT2D eigenvalue weighted by atomic mass is 79.9. The lowest BCUT2D eigenvalue weighted by molar-refractivity contribution is 0.0471. The molecule has 0 bridgehead atoms. The average molecular weight is 241 g/mol. The van der Waals surface area contributed by atoms with E-state index < -0.39 is 0 Å². The maximum absolute atomic E-state index is 11.5. The van der Waals surface area contributed by atoms with Crippen LogP contribution in [0.4, 0.5) is 0 Å². The fourth-order valence-corrected chi connectivity index (χ4v) is 1.47. The van der Waals surface area contributed by atoms with Crippen LogP contribution in [0, 0.1) is 0 Å². The summed E-state index contributed by atoms with van der Waals surface area (Å²) in [4.78, 5) is 11.5. The predicted molar refractivity (Wildman–Crippen MR) is 52.6 cm³/mol. The van der Waals surface area contributed by atoms with Gasteiger partial charge in [0.25, 0.3) is 0 Å². The largest absolute Gasteiger partial charge is 0.459 e. The molecule has 3 heteroatoms. The molecule has 0 heterocycles. The van der Waals surface area contributed by atoms with Crippen molar-refractivity contribution in [2.45, 2.75) is 18.9 Å². The molecule has 0 saturated heterocycles. The molecule has 13 heavy (non-hydrogen) atoms. The Morgan fingerprint density at radius 1 is 1.38 bits per heavy atom. The predicted octanol–water partition coefficient (Wildman–Crippen LogP) is 2.77. The molecular formula is C10H9BrO2. The van der Waals surface area contributed by atoms with Crippen LogP contribution < -0.4 is 0 Å². The Labute approximate surface area is 85.0 Å². The Morgan fingerprint density at radius 3 is 2.69 bits per heavy atom. The van der Waals surface area contributed by atoms with Gasteiger partial charge in [-0.15, -0.1) is 0 Å². The maximum atomic E-state index is 11.5. The first-order valence-corrected chi connectivity index (χ1v) is 5.02. The number of hydrogen-bond acceptors (Lipinski definition) is 2. The van der Waals surface area contributed by atoms with Gasteiger partial charge in [-0.2, -0.15) is 0 Å². The van der Waals surface area contributed by atoms with Gasteiger partial charge in [-0.25, -0.2) is 4.79 Å². The highest BCUT2D eigenvalue weighted by Crippen LogP contribution is 2.26. The number of halogens is 1. The Balaban J connectivity index is 2.13. The summed E-state index contributed by atoms with van der Waals surface area (Å²) in [6, 6.07) is 7.30. The SMILES string of the molecule is O=C(OC1CC1)c1ccccc1Br. The van der Waals surface area contributed by atoms with Gasteiger partial charge in [0, 0.05) is 4.47 Å². The van der Waals surface area contributed by atoms with Crippen LogP contribution in [-0.4, -0.2) is 12.1 Å². The van der Waals surface area contributed by atoms with Crippen molar-refractivity contribution >= 4 is 21.9 Å². The minimum atomic E-state index is -0.227. The maximum Gasteiger partial charge on any atom is 0.339 e. The standard InChI is InChI=1S/C10H9BrO2/c11-9-4-2-1-3-8(9)10(12)13-7-5-6-7/h1-4,7H,5-6H2. The number of carbonyl (C=O) groups excluding carboxylic acids is 1. The summed E-state index contributed by atoms with van der Waals surface area (Å²) in [5.74, 6) is -0.227. The molecule has 1 aliphatic rings. The third-order valence-corrected chi connectivity index (χ3v) is 2.58. The summed E-state index contributed by atoms with van der Waals surface area (Å²) < 4.78 is 5.95. The summed E-state index contributed by atoms with van der Waals surface area (Å²) in [5.41, 5.74) is 0.606. The van der Waals surface area contributed by atoms with Gasteiger partial charge in [-0.05, 0) is 40.9 Å². The molecule has 0 aliphatic heterocycles. The lowest BCUT2D eigenvalue weighted by Gasteiger charge is -2.03. The van der Waals surface area contributed by atoms with E-state index >= 15 is 0 Å². The molecule has 1 aromatic carbocycles. The van der Waals surface area contributed by atoms with Gasteiger partial charge in [-0.3, -0.25) is 0 Å². The van der Waals surface area contributed by atoms with E-state index in [2.05, 4.69) is 15.9 Å². The number of esters is 1. The van der Waals surface area contributed by atoms with E-state index in [1.807, 2.05) is 18.2 Å². The van der Waals surface area contributed by atoms with Crippen LogP contribution in [0.5, 0.6) is 0 Å². The summed E-state index contributed by atoms with van der Waals surface area (Å²) in [5, 5.41) is 0. The zero-order valence-corrected chi connectivity index (χ0v) is 8.58. The second kappa shape index (κ2) is 3.50. The lowest BCUT2D eigenvalue weighted by atomic mass is 10.2. The molecular weight excluding hydrogens is 232 g/mol. The van der Waals surface area contributed by atoms with E-state index in [4.69, 9.17) is 4.74 Å². The third-order valence-electron chi connectivity index (χ3n) is 1.89. The first-order chi connectivity index (χ1) is 6.27. The number of hydrogen-bond donors (Lipinski definition) is 0. The fourth-order valence-electron chi connectivity index (χ4n) is 1.03. The highest BCUT2D eigenvalue weighted by molar-refractivity contribution is 9.10. The first kappa shape index (κ1) is 8.75. The summed E-state index contributed by atoms with van der Waals surface area (Å²) in [6.45, 7) is 0. The minimum absolute atomic E-state index is 0.166. The van der Waals surface area contributed by atoms with Crippen molar-refractivity contribution in [1.82, 2.24) is 0 Å². The van der Waals surface area contributed by atoms with Gasteiger partial charge >= 0.3 is 5.97 Å². The van der Waals surface area contributed by atoms with Crippen molar-refractivity contribution in [3.63, 3.8) is 0 Å². The fraction of sp³-hybridized carbons (Fsp3) is 0.300. The van der Waals surface area contributed by atoms with E-state index in [-0.39, 0.29) is 12.1 Å². The molecule has 0 unspecified atom stereocenters. The summed E-state index contributed by atoms with van der Waals surface area (Å²) >= 11 is 3.31. The molecule has 0 atom stereocenters. The first-order valence-electron chi connectivity index (χ1n) is 4.23. The van der Waals surface area contributed by atoms with E-state index in [0.29, 0.717) is 5.56 Å². The molecule has 0 aromatic heterocycles. The number of ether oxygens (including phenoxy) is 1. The Kier molecular flexibility index (Phi) is 2.36. The molecule has 0 radical (unpaired) electrons. The van der Waals surface area contributed by atoms with E-state index in [9.17, 15) is 4.79 Å². The number of benzene rings is 1. The lowest BCUT2D eigenvalue weighted by Crippen LogP contribution is -2.06. The van der Waals surface area contributed by atoms with E-state index in [1.165, 1.54) is 0 Å². The normalized spacial score (nSPS) is 15.5. The van der Waals surface area contributed by atoms with Crippen molar-refractivity contribution in [3.05, 3.63) is 34.3 Å². The van der Waals surface area contributed by atoms with Crippen LogP contribution in [0.25, 0.3) is 0 Å². The zero-order chi connectivity index (χ0) is 9.26. The second-order valence-electron chi connectivity index (χ2n) is 3.08. The molecule has 1 fully saturated rings. The van der Waals surface area contributed by atoms with Crippen LogP contribution in [0.1, 0.15) is 23.2 Å². The van der Waals surface area contributed by atoms with Gasteiger partial charge in [0.2, 0.25) is 0 Å². The van der Waals surface area contributed by atoms with Crippen molar-refractivity contribution < 1.29 is 9.53 Å². The van der Waals surface area contributed by atoms with Crippen LogP contribution >= 0.6 is 15.9 Å². The van der Waals surface area contributed by atoms with Crippen molar-refractivity contribution in [1.29, 1.82) is 0 Å². The topological polar surface area (TPSA) is 26.3 Å². The van der Waals surface area contributed by atoms with Gasteiger partial charge in [0.05, 0.1) is 5.56 Å². The molecule has 1 aromatic rings. The Hall–Kier alpha value is -0.830. The summed E-state index contributed by atoms with van der Waals surface area (Å²) in [7, 11) is 0. The van der Waals surface area contributed by atoms with Gasteiger partial charge in [-0.1, -0.05) is 12.1 Å². The van der Waals surface area contributed by atoms with Crippen LogP contribution in [0.2, 0.25) is 0 Å². The molecule has 0 N–H and O–H groups in total. The second-order valence-corrected chi connectivity index (χ2v) is 3.94.